The van der Waals surface area contributed by atoms with Gasteiger partial charge in [-0.2, -0.15) is 0 Å². The molecule has 0 aromatic heterocycles. The van der Waals surface area contributed by atoms with E-state index in [1.54, 1.807) is 24.1 Å². The summed E-state index contributed by atoms with van der Waals surface area (Å²) in [5.74, 6) is 0.576. The van der Waals surface area contributed by atoms with E-state index in [0.29, 0.717) is 12.3 Å². The molecule has 0 aliphatic carbocycles. The molecule has 0 unspecified atom stereocenters. The average Bonchev–Trinajstić information content (AvgIpc) is 2.49. The maximum Gasteiger partial charge on any atom is 0.414 e. The summed E-state index contributed by atoms with van der Waals surface area (Å²) in [7, 11) is 1.76. The lowest BCUT2D eigenvalue weighted by Crippen LogP contribution is -2.30. The summed E-state index contributed by atoms with van der Waals surface area (Å²) in [6, 6.07) is 19.4. The second kappa shape index (κ2) is 7.34. The minimum atomic E-state index is -0.315. The minimum Gasteiger partial charge on any atom is -0.410 e. The molecule has 0 spiro atoms. The van der Waals surface area contributed by atoms with Gasteiger partial charge in [0.25, 0.3) is 0 Å². The Morgan fingerprint density at radius 3 is 2.25 bits per heavy atom. The molecule has 2 rings (SSSR count). The standard InChI is InChI=1S/C17H19NO2/c1-18(14-8-11-15-9-4-2-5-10-15)17(19)20-16-12-6-3-7-13-16/h2-7,9-10,12-13H,8,11,14H2,1H3. The molecule has 0 aliphatic rings. The summed E-state index contributed by atoms with van der Waals surface area (Å²) in [5.41, 5.74) is 1.29. The quantitative estimate of drug-likeness (QED) is 0.827. The van der Waals surface area contributed by atoms with Crippen LogP contribution in [-0.4, -0.2) is 24.6 Å². The van der Waals surface area contributed by atoms with Crippen LogP contribution in [0.3, 0.4) is 0 Å². The zero-order valence-corrected chi connectivity index (χ0v) is 11.7. The fourth-order valence-electron chi connectivity index (χ4n) is 1.92. The number of hydrogen-bond donors (Lipinski definition) is 0. The molecule has 3 nitrogen and oxygen atoms in total. The van der Waals surface area contributed by atoms with Crippen molar-refractivity contribution in [3.8, 4) is 5.75 Å². The zero-order chi connectivity index (χ0) is 14.2. The Morgan fingerprint density at radius 2 is 1.60 bits per heavy atom. The fourth-order valence-corrected chi connectivity index (χ4v) is 1.92. The van der Waals surface area contributed by atoms with Gasteiger partial charge in [-0.3, -0.25) is 0 Å². The maximum atomic E-state index is 11.9. The van der Waals surface area contributed by atoms with Crippen LogP contribution in [0.25, 0.3) is 0 Å². The number of nitrogens with zero attached hydrogens (tertiary/aromatic N) is 1. The van der Waals surface area contributed by atoms with E-state index in [2.05, 4.69) is 12.1 Å². The van der Waals surface area contributed by atoms with Gasteiger partial charge in [-0.15, -0.1) is 0 Å². The average molecular weight is 269 g/mol. The van der Waals surface area contributed by atoms with Gasteiger partial charge in [0, 0.05) is 13.6 Å². The van der Waals surface area contributed by atoms with Crippen molar-refractivity contribution in [2.75, 3.05) is 13.6 Å². The molecule has 20 heavy (non-hydrogen) atoms. The number of carbonyl (C=O) groups is 1. The van der Waals surface area contributed by atoms with Gasteiger partial charge in [-0.1, -0.05) is 48.5 Å². The monoisotopic (exact) mass is 269 g/mol. The lowest BCUT2D eigenvalue weighted by molar-refractivity contribution is 0.162. The molecule has 0 bridgehead atoms. The highest BCUT2D eigenvalue weighted by Crippen LogP contribution is 2.10. The van der Waals surface area contributed by atoms with Gasteiger partial charge in [-0.25, -0.2) is 4.79 Å². The van der Waals surface area contributed by atoms with Crippen molar-refractivity contribution in [1.82, 2.24) is 4.90 Å². The van der Waals surface area contributed by atoms with Crippen LogP contribution in [0.2, 0.25) is 0 Å². The number of aryl methyl sites for hydroxylation is 1. The van der Waals surface area contributed by atoms with Gasteiger partial charge in [0.15, 0.2) is 0 Å². The van der Waals surface area contributed by atoms with Gasteiger partial charge in [0.1, 0.15) is 5.75 Å². The molecule has 2 aromatic rings. The Kier molecular flexibility index (Phi) is 5.18. The second-order valence-electron chi connectivity index (χ2n) is 4.69. The smallest absolute Gasteiger partial charge is 0.410 e. The summed E-state index contributed by atoms with van der Waals surface area (Å²) in [5, 5.41) is 0. The number of ether oxygens (including phenoxy) is 1. The normalized spacial score (nSPS) is 10.1. The van der Waals surface area contributed by atoms with E-state index in [-0.39, 0.29) is 6.09 Å². The molecule has 0 aliphatic heterocycles. The Morgan fingerprint density at radius 1 is 1.00 bits per heavy atom. The second-order valence-corrected chi connectivity index (χ2v) is 4.69. The highest BCUT2D eigenvalue weighted by molar-refractivity contribution is 5.70. The minimum absolute atomic E-state index is 0.315. The molecule has 0 saturated heterocycles. The van der Waals surface area contributed by atoms with E-state index in [0.717, 1.165) is 12.8 Å². The molecular weight excluding hydrogens is 250 g/mol. The summed E-state index contributed by atoms with van der Waals surface area (Å²) in [6.07, 6.45) is 1.57. The summed E-state index contributed by atoms with van der Waals surface area (Å²) in [4.78, 5) is 13.5. The lowest BCUT2D eigenvalue weighted by Gasteiger charge is -2.16. The fraction of sp³-hybridized carbons (Fsp3) is 0.235. The van der Waals surface area contributed by atoms with Crippen LogP contribution >= 0.6 is 0 Å². The third kappa shape index (κ3) is 4.43. The van der Waals surface area contributed by atoms with Gasteiger partial charge >= 0.3 is 6.09 Å². The van der Waals surface area contributed by atoms with Crippen molar-refractivity contribution in [2.24, 2.45) is 0 Å². The summed E-state index contributed by atoms with van der Waals surface area (Å²) < 4.78 is 5.27. The van der Waals surface area contributed by atoms with Crippen molar-refractivity contribution in [3.63, 3.8) is 0 Å². The van der Waals surface area contributed by atoms with Gasteiger partial charge < -0.3 is 9.64 Å². The molecule has 0 atom stereocenters. The van der Waals surface area contributed by atoms with Crippen molar-refractivity contribution >= 4 is 6.09 Å². The van der Waals surface area contributed by atoms with Crippen LogP contribution in [0.15, 0.2) is 60.7 Å². The largest absolute Gasteiger partial charge is 0.414 e. The van der Waals surface area contributed by atoms with Gasteiger partial charge in [0.2, 0.25) is 0 Å². The number of para-hydroxylation sites is 1. The lowest BCUT2D eigenvalue weighted by atomic mass is 10.1. The Labute approximate surface area is 119 Å². The van der Waals surface area contributed by atoms with Crippen LogP contribution in [0, 0.1) is 0 Å². The van der Waals surface area contributed by atoms with Crippen LogP contribution in [0.4, 0.5) is 4.79 Å². The van der Waals surface area contributed by atoms with Crippen molar-refractivity contribution in [1.29, 1.82) is 0 Å². The Hall–Kier alpha value is -2.29. The van der Waals surface area contributed by atoms with Crippen molar-refractivity contribution in [2.45, 2.75) is 12.8 Å². The predicted octanol–water partition coefficient (Wildman–Crippen LogP) is 3.75. The van der Waals surface area contributed by atoms with E-state index in [4.69, 9.17) is 4.74 Å². The summed E-state index contributed by atoms with van der Waals surface area (Å²) >= 11 is 0. The highest BCUT2D eigenvalue weighted by Gasteiger charge is 2.10. The molecule has 3 heteroatoms. The van der Waals surface area contributed by atoms with E-state index < -0.39 is 0 Å². The first-order valence-corrected chi connectivity index (χ1v) is 6.77. The number of amides is 1. The summed E-state index contributed by atoms with van der Waals surface area (Å²) in [6.45, 7) is 0.681. The topological polar surface area (TPSA) is 29.5 Å². The maximum absolute atomic E-state index is 11.9. The van der Waals surface area contributed by atoms with E-state index >= 15 is 0 Å². The van der Waals surface area contributed by atoms with Crippen LogP contribution < -0.4 is 4.74 Å². The number of hydrogen-bond acceptors (Lipinski definition) is 2. The predicted molar refractivity (Wildman–Crippen MR) is 79.9 cm³/mol. The number of benzene rings is 2. The molecule has 0 heterocycles. The number of rotatable bonds is 5. The van der Waals surface area contributed by atoms with Gasteiger partial charge in [0.05, 0.1) is 0 Å². The van der Waals surface area contributed by atoms with Crippen LogP contribution in [-0.2, 0) is 6.42 Å². The van der Waals surface area contributed by atoms with E-state index in [9.17, 15) is 4.79 Å². The van der Waals surface area contributed by atoms with Crippen molar-refractivity contribution < 1.29 is 9.53 Å². The van der Waals surface area contributed by atoms with Crippen LogP contribution in [0.1, 0.15) is 12.0 Å². The molecule has 0 N–H and O–H groups in total. The number of carbonyl (C=O) groups excluding carboxylic acids is 1. The first-order chi connectivity index (χ1) is 9.75. The molecule has 0 radical (unpaired) electrons. The molecule has 2 aromatic carbocycles. The first-order valence-electron chi connectivity index (χ1n) is 6.77. The van der Waals surface area contributed by atoms with Crippen LogP contribution in [0.5, 0.6) is 5.75 Å². The highest BCUT2D eigenvalue weighted by atomic mass is 16.6. The third-order valence-corrected chi connectivity index (χ3v) is 3.06. The zero-order valence-electron chi connectivity index (χ0n) is 11.7. The third-order valence-electron chi connectivity index (χ3n) is 3.06. The molecule has 0 fully saturated rings. The molecule has 104 valence electrons. The molecular formula is C17H19NO2. The molecule has 1 amide bonds. The molecule has 0 saturated carbocycles. The van der Waals surface area contributed by atoms with E-state index in [1.165, 1.54) is 5.56 Å². The Balaban J connectivity index is 1.74. The van der Waals surface area contributed by atoms with Gasteiger partial charge in [-0.05, 0) is 30.5 Å². The van der Waals surface area contributed by atoms with E-state index in [1.807, 2.05) is 36.4 Å². The van der Waals surface area contributed by atoms with Crippen molar-refractivity contribution in [3.05, 3.63) is 66.2 Å². The first kappa shape index (κ1) is 14.1. The Bertz CT molecular complexity index is 525. The SMILES string of the molecule is CN(CCCc1ccccc1)C(=O)Oc1ccccc1.